The number of nitrogens with zero attached hydrogens (tertiary/aromatic N) is 1. The largest absolute Gasteiger partial charge is 0.504 e. The summed E-state index contributed by atoms with van der Waals surface area (Å²) >= 11 is 0. The number of hydrogen-bond donors (Lipinski definition) is 2. The molecule has 1 aliphatic rings. The van der Waals surface area contributed by atoms with E-state index in [1.54, 1.807) is 20.3 Å². The number of amides is 1. The third-order valence-corrected chi connectivity index (χ3v) is 5.90. The average Bonchev–Trinajstić information content (AvgIpc) is 2.82. The van der Waals surface area contributed by atoms with E-state index in [1.807, 2.05) is 37.3 Å². The van der Waals surface area contributed by atoms with Crippen molar-refractivity contribution in [3.63, 3.8) is 0 Å². The fraction of sp³-hybridized carbons (Fsp3) is 0.480. The lowest BCUT2D eigenvalue weighted by Crippen LogP contribution is -2.40. The van der Waals surface area contributed by atoms with Crippen molar-refractivity contribution in [3.8, 4) is 23.0 Å². The van der Waals surface area contributed by atoms with Crippen LogP contribution in [0.1, 0.15) is 30.9 Å². The molecule has 1 saturated heterocycles. The molecule has 0 spiro atoms. The number of hydrogen-bond acceptors (Lipinski definition) is 6. The van der Waals surface area contributed by atoms with Gasteiger partial charge in [0, 0.05) is 24.6 Å². The van der Waals surface area contributed by atoms with Crippen molar-refractivity contribution in [1.29, 1.82) is 0 Å². The predicted octanol–water partition coefficient (Wildman–Crippen LogP) is 3.38. The van der Waals surface area contributed by atoms with Gasteiger partial charge in [-0.2, -0.15) is 0 Å². The molecule has 0 bridgehead atoms. The molecule has 2 aromatic carbocycles. The summed E-state index contributed by atoms with van der Waals surface area (Å²) in [6.45, 7) is 5.31. The normalized spacial score (nSPS) is 14.7. The molecule has 0 saturated carbocycles. The minimum absolute atomic E-state index is 0.0278. The van der Waals surface area contributed by atoms with Crippen LogP contribution in [0, 0.1) is 5.92 Å². The average molecular weight is 443 g/mol. The van der Waals surface area contributed by atoms with Crippen LogP contribution in [0.25, 0.3) is 0 Å². The molecule has 1 amide bonds. The van der Waals surface area contributed by atoms with Gasteiger partial charge in [-0.05, 0) is 63.0 Å². The quantitative estimate of drug-likeness (QED) is 0.587. The number of likely N-dealkylation sites (tertiary alicyclic amines) is 1. The molecule has 7 nitrogen and oxygen atoms in total. The van der Waals surface area contributed by atoms with Gasteiger partial charge >= 0.3 is 0 Å². The molecule has 7 heteroatoms. The number of carbonyl (C=O) groups is 1. The van der Waals surface area contributed by atoms with Crippen LogP contribution in [0.4, 0.5) is 0 Å². The van der Waals surface area contributed by atoms with Crippen molar-refractivity contribution in [3.05, 3.63) is 47.5 Å². The van der Waals surface area contributed by atoms with Gasteiger partial charge < -0.3 is 24.6 Å². The number of carbonyl (C=O) groups excluding carboxylic acids is 1. The second kappa shape index (κ2) is 11.6. The van der Waals surface area contributed by atoms with Crippen LogP contribution in [-0.2, 0) is 17.8 Å². The zero-order chi connectivity index (χ0) is 22.9. The molecule has 0 radical (unpaired) electrons. The van der Waals surface area contributed by atoms with Crippen LogP contribution in [0.2, 0.25) is 0 Å². The molecule has 2 aromatic rings. The molecule has 1 aliphatic heterocycles. The first-order valence-electron chi connectivity index (χ1n) is 11.2. The monoisotopic (exact) mass is 442 g/mol. The first-order chi connectivity index (χ1) is 15.5. The van der Waals surface area contributed by atoms with E-state index in [-0.39, 0.29) is 17.6 Å². The van der Waals surface area contributed by atoms with Crippen LogP contribution in [0.3, 0.4) is 0 Å². The summed E-state index contributed by atoms with van der Waals surface area (Å²) in [5.41, 5.74) is 1.95. The lowest BCUT2D eigenvalue weighted by atomic mass is 9.95. The second-order valence-electron chi connectivity index (χ2n) is 7.98. The topological polar surface area (TPSA) is 80.3 Å². The third-order valence-electron chi connectivity index (χ3n) is 5.90. The highest BCUT2D eigenvalue weighted by Gasteiger charge is 2.25. The van der Waals surface area contributed by atoms with E-state index >= 15 is 0 Å². The molecule has 0 aliphatic carbocycles. The zero-order valence-corrected chi connectivity index (χ0v) is 19.2. The van der Waals surface area contributed by atoms with Crippen LogP contribution in [-0.4, -0.2) is 56.4 Å². The summed E-state index contributed by atoms with van der Waals surface area (Å²) in [5, 5.41) is 13.5. The number of phenolic OH excluding ortho intramolecular Hbond substituents is 1. The summed E-state index contributed by atoms with van der Waals surface area (Å²) in [7, 11) is 3.23. The second-order valence-corrected chi connectivity index (χ2v) is 7.98. The van der Waals surface area contributed by atoms with Gasteiger partial charge in [0.15, 0.2) is 23.0 Å². The molecule has 2 N–H and O–H groups in total. The van der Waals surface area contributed by atoms with E-state index in [2.05, 4.69) is 10.2 Å². The molecule has 32 heavy (non-hydrogen) atoms. The fourth-order valence-corrected chi connectivity index (χ4v) is 4.07. The summed E-state index contributed by atoms with van der Waals surface area (Å²) in [5.74, 6) is 2.27. The Morgan fingerprint density at radius 3 is 2.53 bits per heavy atom. The number of phenols is 1. The molecule has 0 atom stereocenters. The van der Waals surface area contributed by atoms with Crippen molar-refractivity contribution in [2.24, 2.45) is 5.92 Å². The highest BCUT2D eigenvalue weighted by atomic mass is 16.5. The van der Waals surface area contributed by atoms with Crippen molar-refractivity contribution in [2.45, 2.75) is 32.7 Å². The fourth-order valence-electron chi connectivity index (χ4n) is 4.07. The maximum Gasteiger partial charge on any atom is 0.223 e. The van der Waals surface area contributed by atoms with Crippen LogP contribution >= 0.6 is 0 Å². The summed E-state index contributed by atoms with van der Waals surface area (Å²) in [6, 6.07) is 11.4. The van der Waals surface area contributed by atoms with Gasteiger partial charge in [0.05, 0.1) is 20.8 Å². The van der Waals surface area contributed by atoms with Crippen molar-refractivity contribution < 1.29 is 24.1 Å². The van der Waals surface area contributed by atoms with E-state index in [0.29, 0.717) is 36.9 Å². The smallest absolute Gasteiger partial charge is 0.223 e. The van der Waals surface area contributed by atoms with Gasteiger partial charge in [0.25, 0.3) is 0 Å². The summed E-state index contributed by atoms with van der Waals surface area (Å²) < 4.78 is 16.1. The molecular formula is C25H34N2O5. The maximum atomic E-state index is 12.6. The lowest BCUT2D eigenvalue weighted by Gasteiger charge is -2.31. The highest BCUT2D eigenvalue weighted by molar-refractivity contribution is 5.78. The lowest BCUT2D eigenvalue weighted by molar-refractivity contribution is -0.126. The van der Waals surface area contributed by atoms with Crippen LogP contribution in [0.15, 0.2) is 36.4 Å². The molecule has 1 heterocycles. The summed E-state index contributed by atoms with van der Waals surface area (Å²) in [6.07, 6.45) is 2.36. The number of para-hydroxylation sites is 1. The first-order valence-corrected chi connectivity index (χ1v) is 11.2. The van der Waals surface area contributed by atoms with Gasteiger partial charge in [-0.3, -0.25) is 9.69 Å². The van der Waals surface area contributed by atoms with Gasteiger partial charge in [-0.1, -0.05) is 18.2 Å². The number of rotatable bonds is 10. The highest BCUT2D eigenvalue weighted by Crippen LogP contribution is 2.31. The maximum absolute atomic E-state index is 12.6. The molecule has 1 fully saturated rings. The van der Waals surface area contributed by atoms with Gasteiger partial charge in [0.1, 0.15) is 0 Å². The SMILES string of the molecule is CCOc1cccc(CN2CCC(C(=O)NCCc3ccc(OC)c(OC)c3)CC2)c1O. The molecule has 0 aromatic heterocycles. The van der Waals surface area contributed by atoms with Crippen LogP contribution in [0.5, 0.6) is 23.0 Å². The Morgan fingerprint density at radius 1 is 1.09 bits per heavy atom. The number of methoxy groups -OCH3 is 2. The van der Waals surface area contributed by atoms with Gasteiger partial charge in [-0.15, -0.1) is 0 Å². The minimum atomic E-state index is 0.0278. The minimum Gasteiger partial charge on any atom is -0.504 e. The molecule has 174 valence electrons. The van der Waals surface area contributed by atoms with E-state index < -0.39 is 0 Å². The van der Waals surface area contributed by atoms with Crippen molar-refractivity contribution >= 4 is 5.91 Å². The number of nitrogens with one attached hydrogen (secondary N) is 1. The van der Waals surface area contributed by atoms with E-state index in [1.165, 1.54) is 0 Å². The molecular weight excluding hydrogens is 408 g/mol. The predicted molar refractivity (Wildman–Crippen MR) is 124 cm³/mol. The Hall–Kier alpha value is -2.93. The Balaban J connectivity index is 1.43. The number of benzene rings is 2. The standard InChI is InChI=1S/C25H34N2O5/c1-4-32-22-7-5-6-20(24(22)28)17-27-14-11-19(12-15-27)25(29)26-13-10-18-8-9-21(30-2)23(16-18)31-3/h5-9,16,19,28H,4,10-15,17H2,1-3H3,(H,26,29). The Labute approximate surface area is 190 Å². The van der Waals surface area contributed by atoms with Crippen molar-refractivity contribution in [2.75, 3.05) is 40.5 Å². The zero-order valence-electron chi connectivity index (χ0n) is 19.2. The van der Waals surface area contributed by atoms with Gasteiger partial charge in [-0.25, -0.2) is 0 Å². The Morgan fingerprint density at radius 2 is 1.84 bits per heavy atom. The Kier molecular flexibility index (Phi) is 8.62. The first kappa shape index (κ1) is 23.7. The molecule has 3 rings (SSSR count). The van der Waals surface area contributed by atoms with Crippen LogP contribution < -0.4 is 19.5 Å². The Bertz CT molecular complexity index is 894. The van der Waals surface area contributed by atoms with E-state index in [9.17, 15) is 9.90 Å². The number of ether oxygens (including phenoxy) is 3. The van der Waals surface area contributed by atoms with Gasteiger partial charge in [0.2, 0.25) is 5.91 Å². The van der Waals surface area contributed by atoms with Crippen molar-refractivity contribution in [1.82, 2.24) is 10.2 Å². The molecule has 0 unspecified atom stereocenters. The number of piperidine rings is 1. The van der Waals surface area contributed by atoms with E-state index in [0.717, 1.165) is 43.5 Å². The number of aromatic hydroxyl groups is 1. The summed E-state index contributed by atoms with van der Waals surface area (Å²) in [4.78, 5) is 14.9. The van der Waals surface area contributed by atoms with E-state index in [4.69, 9.17) is 14.2 Å². The third kappa shape index (κ3) is 6.07.